The van der Waals surface area contributed by atoms with Crippen LogP contribution in [-0.4, -0.2) is 16.7 Å². The smallest absolute Gasteiger partial charge is 0.151 e. The summed E-state index contributed by atoms with van der Waals surface area (Å²) in [5, 5.41) is 10.7. The van der Waals surface area contributed by atoms with Crippen LogP contribution >= 0.6 is 0 Å². The average molecular weight is 179 g/mol. The van der Waals surface area contributed by atoms with E-state index in [-0.39, 0.29) is 0 Å². The molecule has 3 heteroatoms. The van der Waals surface area contributed by atoms with Gasteiger partial charge in [-0.15, -0.1) is 0 Å². The lowest BCUT2D eigenvalue weighted by Crippen LogP contribution is -2.11. The highest BCUT2D eigenvalue weighted by molar-refractivity contribution is 5.47. The van der Waals surface area contributed by atoms with Gasteiger partial charge >= 0.3 is 0 Å². The largest absolute Gasteiger partial charge is 0.369 e. The Bertz CT molecular complexity index is 290. The van der Waals surface area contributed by atoms with Gasteiger partial charge in [0.1, 0.15) is 0 Å². The van der Waals surface area contributed by atoms with E-state index < -0.39 is 0 Å². The van der Waals surface area contributed by atoms with Gasteiger partial charge in [0.25, 0.3) is 0 Å². The predicted molar refractivity (Wildman–Crippen MR) is 53.9 cm³/mol. The van der Waals surface area contributed by atoms with Crippen molar-refractivity contribution in [1.82, 2.24) is 10.2 Å². The van der Waals surface area contributed by atoms with Crippen LogP contribution in [0.15, 0.2) is 0 Å². The van der Waals surface area contributed by atoms with Crippen molar-refractivity contribution in [1.29, 1.82) is 0 Å². The van der Waals surface area contributed by atoms with Gasteiger partial charge in [-0.25, -0.2) is 0 Å². The lowest BCUT2D eigenvalue weighted by atomic mass is 9.89. The van der Waals surface area contributed by atoms with Crippen LogP contribution in [0.2, 0.25) is 0 Å². The molecule has 0 spiro atoms. The van der Waals surface area contributed by atoms with Gasteiger partial charge < -0.3 is 5.32 Å². The maximum absolute atomic E-state index is 4.29. The topological polar surface area (TPSA) is 40.7 Å². The van der Waals surface area contributed by atoms with Crippen LogP contribution in [0.1, 0.15) is 31.5 Å². The molecule has 1 unspecified atom stereocenters. The first-order valence-electron chi connectivity index (χ1n) is 5.11. The molecule has 72 valence electrons. The Labute approximate surface area is 78.9 Å². The van der Waals surface area contributed by atoms with Crippen LogP contribution in [-0.2, 0) is 12.8 Å². The molecule has 1 aliphatic carbocycles. The van der Waals surface area contributed by atoms with Crippen LogP contribution in [0.3, 0.4) is 0 Å². The Kier molecular flexibility index (Phi) is 2.25. The normalized spacial score (nSPS) is 21.2. The van der Waals surface area contributed by atoms with Crippen LogP contribution in [0.5, 0.6) is 0 Å². The molecule has 0 amide bonds. The van der Waals surface area contributed by atoms with Gasteiger partial charge in [0.2, 0.25) is 0 Å². The van der Waals surface area contributed by atoms with Gasteiger partial charge in [-0.2, -0.15) is 5.10 Å². The molecule has 3 nitrogen and oxygen atoms in total. The first-order valence-corrected chi connectivity index (χ1v) is 5.11. The second-order valence-electron chi connectivity index (χ2n) is 3.91. The van der Waals surface area contributed by atoms with E-state index >= 15 is 0 Å². The maximum atomic E-state index is 4.29. The number of aromatic nitrogens is 2. The Morgan fingerprint density at radius 3 is 3.23 bits per heavy atom. The molecule has 2 N–H and O–H groups in total. The predicted octanol–water partition coefficient (Wildman–Crippen LogP) is 1.97. The van der Waals surface area contributed by atoms with E-state index in [0.29, 0.717) is 0 Å². The molecule has 1 aliphatic rings. The number of nitrogens with one attached hydrogen (secondary N) is 2. The molecule has 1 atom stereocenters. The fourth-order valence-corrected chi connectivity index (χ4v) is 1.98. The van der Waals surface area contributed by atoms with Crippen molar-refractivity contribution in [2.24, 2.45) is 5.92 Å². The fraction of sp³-hybridized carbons (Fsp3) is 0.700. The number of aryl methyl sites for hydroxylation is 1. The van der Waals surface area contributed by atoms with E-state index in [1.165, 1.54) is 24.1 Å². The molecule has 1 aromatic rings. The van der Waals surface area contributed by atoms with Gasteiger partial charge in [-0.05, 0) is 32.1 Å². The fourth-order valence-electron chi connectivity index (χ4n) is 1.98. The van der Waals surface area contributed by atoms with E-state index in [9.17, 15) is 0 Å². The minimum absolute atomic E-state index is 0.808. The van der Waals surface area contributed by atoms with Crippen molar-refractivity contribution in [3.05, 3.63) is 11.3 Å². The zero-order chi connectivity index (χ0) is 9.26. The number of anilines is 1. The summed E-state index contributed by atoms with van der Waals surface area (Å²) in [6, 6.07) is 0. The zero-order valence-corrected chi connectivity index (χ0v) is 8.35. The van der Waals surface area contributed by atoms with Crippen LogP contribution in [0, 0.1) is 5.92 Å². The lowest BCUT2D eigenvalue weighted by molar-refractivity contribution is 0.498. The van der Waals surface area contributed by atoms with E-state index in [2.05, 4.69) is 29.4 Å². The second kappa shape index (κ2) is 3.40. The number of rotatable bonds is 2. The molecule has 0 radical (unpaired) electrons. The number of hydrogen-bond acceptors (Lipinski definition) is 2. The third-order valence-electron chi connectivity index (χ3n) is 2.74. The monoisotopic (exact) mass is 179 g/mol. The third kappa shape index (κ3) is 1.55. The molecule has 0 saturated heterocycles. The highest BCUT2D eigenvalue weighted by Crippen LogP contribution is 2.28. The van der Waals surface area contributed by atoms with E-state index in [4.69, 9.17) is 0 Å². The minimum Gasteiger partial charge on any atom is -0.369 e. The van der Waals surface area contributed by atoms with Gasteiger partial charge in [0, 0.05) is 17.8 Å². The number of aromatic amines is 1. The van der Waals surface area contributed by atoms with Gasteiger partial charge in [0.15, 0.2) is 5.82 Å². The van der Waals surface area contributed by atoms with E-state index in [1.54, 1.807) is 0 Å². The quantitative estimate of drug-likeness (QED) is 0.728. The molecule has 13 heavy (non-hydrogen) atoms. The summed E-state index contributed by atoms with van der Waals surface area (Å²) >= 11 is 0. The molecule has 0 saturated carbocycles. The standard InChI is InChI=1S/C10H17N3/c1-3-11-10-8-6-7(2)4-5-9(8)12-13-10/h7H,3-6H2,1-2H3,(H2,11,12,13). The second-order valence-corrected chi connectivity index (χ2v) is 3.91. The summed E-state index contributed by atoms with van der Waals surface area (Å²) < 4.78 is 0. The summed E-state index contributed by atoms with van der Waals surface area (Å²) in [7, 11) is 0. The van der Waals surface area contributed by atoms with Crippen LogP contribution < -0.4 is 5.32 Å². The number of H-pyrrole nitrogens is 1. The van der Waals surface area contributed by atoms with Gasteiger partial charge in [0.05, 0.1) is 0 Å². The number of nitrogens with zero attached hydrogens (tertiary/aromatic N) is 1. The Morgan fingerprint density at radius 2 is 2.46 bits per heavy atom. The Morgan fingerprint density at radius 1 is 1.62 bits per heavy atom. The minimum atomic E-state index is 0.808. The molecule has 0 aliphatic heterocycles. The van der Waals surface area contributed by atoms with Crippen molar-refractivity contribution < 1.29 is 0 Å². The van der Waals surface area contributed by atoms with Crippen molar-refractivity contribution in [2.75, 3.05) is 11.9 Å². The van der Waals surface area contributed by atoms with Crippen molar-refractivity contribution in [3.8, 4) is 0 Å². The molecule has 1 aromatic heterocycles. The molecular formula is C10H17N3. The van der Waals surface area contributed by atoms with Crippen LogP contribution in [0.4, 0.5) is 5.82 Å². The average Bonchev–Trinajstić information content (AvgIpc) is 2.49. The SMILES string of the molecule is CCNc1n[nH]c2c1CC(C)CC2. The highest BCUT2D eigenvalue weighted by atomic mass is 15.2. The number of hydrogen-bond donors (Lipinski definition) is 2. The third-order valence-corrected chi connectivity index (χ3v) is 2.74. The van der Waals surface area contributed by atoms with Crippen molar-refractivity contribution >= 4 is 5.82 Å². The summed E-state index contributed by atoms with van der Waals surface area (Å²) in [5.41, 5.74) is 2.76. The molecule has 0 fully saturated rings. The zero-order valence-electron chi connectivity index (χ0n) is 8.35. The van der Waals surface area contributed by atoms with Gasteiger partial charge in [-0.3, -0.25) is 5.10 Å². The van der Waals surface area contributed by atoms with Crippen LogP contribution in [0.25, 0.3) is 0 Å². The first kappa shape index (κ1) is 8.60. The van der Waals surface area contributed by atoms with E-state index in [0.717, 1.165) is 24.7 Å². The number of fused-ring (bicyclic) bond motifs is 1. The maximum Gasteiger partial charge on any atom is 0.151 e. The summed E-state index contributed by atoms with van der Waals surface area (Å²) in [6.07, 6.45) is 3.63. The first-order chi connectivity index (χ1) is 6.31. The summed E-state index contributed by atoms with van der Waals surface area (Å²) in [6.45, 7) is 5.37. The molecule has 2 rings (SSSR count). The molecule has 1 heterocycles. The Balaban J connectivity index is 2.25. The molecular weight excluding hydrogens is 162 g/mol. The lowest BCUT2D eigenvalue weighted by Gasteiger charge is -2.18. The molecule has 0 aromatic carbocycles. The van der Waals surface area contributed by atoms with Crippen molar-refractivity contribution in [3.63, 3.8) is 0 Å². The van der Waals surface area contributed by atoms with Gasteiger partial charge in [-0.1, -0.05) is 6.92 Å². The summed E-state index contributed by atoms with van der Waals surface area (Å²) in [5.74, 6) is 1.88. The summed E-state index contributed by atoms with van der Waals surface area (Å²) in [4.78, 5) is 0. The van der Waals surface area contributed by atoms with E-state index in [1.807, 2.05) is 0 Å². The molecule has 0 bridgehead atoms. The highest BCUT2D eigenvalue weighted by Gasteiger charge is 2.20. The van der Waals surface area contributed by atoms with Crippen molar-refractivity contribution in [2.45, 2.75) is 33.1 Å². The Hall–Kier alpha value is -0.990.